The SMILES string of the molecule is COC(=O)OC1(CSC)N=CN(C2CCCCC2)C1CC1CCC(C(c2ccc(F)cc2)N(C)C)CC1. The van der Waals surface area contributed by atoms with Gasteiger partial charge in [0, 0.05) is 12.1 Å². The molecule has 0 amide bonds. The van der Waals surface area contributed by atoms with E-state index >= 15 is 0 Å². The van der Waals surface area contributed by atoms with Crippen molar-refractivity contribution < 1.29 is 18.7 Å². The molecule has 0 aromatic heterocycles. The predicted octanol–water partition coefficient (Wildman–Crippen LogP) is 6.51. The van der Waals surface area contributed by atoms with Gasteiger partial charge in [0.05, 0.1) is 25.2 Å². The second kappa shape index (κ2) is 12.8. The Bertz CT molecular complexity index is 900. The molecule has 2 fully saturated rings. The Morgan fingerprint density at radius 3 is 2.41 bits per heavy atom. The molecule has 2 aliphatic carbocycles. The van der Waals surface area contributed by atoms with E-state index < -0.39 is 11.9 Å². The van der Waals surface area contributed by atoms with Crippen molar-refractivity contribution >= 4 is 24.3 Å². The predicted molar refractivity (Wildman–Crippen MR) is 148 cm³/mol. The van der Waals surface area contributed by atoms with Crippen LogP contribution in [0.15, 0.2) is 29.3 Å². The lowest BCUT2D eigenvalue weighted by atomic mass is 9.73. The van der Waals surface area contributed by atoms with E-state index in [-0.39, 0.29) is 17.9 Å². The smallest absolute Gasteiger partial charge is 0.438 e. The van der Waals surface area contributed by atoms with Gasteiger partial charge in [0.25, 0.3) is 0 Å². The van der Waals surface area contributed by atoms with Crippen molar-refractivity contribution in [3.63, 3.8) is 0 Å². The number of carbonyl (C=O) groups is 1. The molecule has 6 nitrogen and oxygen atoms in total. The minimum Gasteiger partial charge on any atom is -0.438 e. The summed E-state index contributed by atoms with van der Waals surface area (Å²) in [7, 11) is 5.61. The molecule has 1 aromatic carbocycles. The molecular weight excluding hydrogens is 489 g/mol. The lowest BCUT2D eigenvalue weighted by Crippen LogP contribution is -2.54. The Morgan fingerprint density at radius 1 is 1.14 bits per heavy atom. The van der Waals surface area contributed by atoms with Crippen molar-refractivity contribution in [2.45, 2.75) is 88.1 Å². The van der Waals surface area contributed by atoms with E-state index in [1.165, 1.54) is 44.8 Å². The van der Waals surface area contributed by atoms with Crippen molar-refractivity contribution in [1.82, 2.24) is 9.80 Å². The lowest BCUT2D eigenvalue weighted by molar-refractivity contribution is -0.0501. The Hall–Kier alpha value is -1.80. The van der Waals surface area contributed by atoms with E-state index in [1.807, 2.05) is 24.7 Å². The molecule has 0 N–H and O–H groups in total. The summed E-state index contributed by atoms with van der Waals surface area (Å²) in [4.78, 5) is 21.9. The van der Waals surface area contributed by atoms with Crippen LogP contribution < -0.4 is 0 Å². The lowest BCUT2D eigenvalue weighted by Gasteiger charge is -2.43. The molecule has 1 heterocycles. The number of hydrogen-bond acceptors (Lipinski definition) is 7. The number of benzene rings is 1. The summed E-state index contributed by atoms with van der Waals surface area (Å²) in [6, 6.07) is 7.79. The van der Waals surface area contributed by atoms with Gasteiger partial charge in [-0.2, -0.15) is 11.8 Å². The number of hydrogen-bond donors (Lipinski definition) is 0. The van der Waals surface area contributed by atoms with E-state index in [1.54, 1.807) is 23.9 Å². The fraction of sp³-hybridized carbons (Fsp3) is 0.724. The topological polar surface area (TPSA) is 54.4 Å². The number of nitrogens with zero attached hydrogens (tertiary/aromatic N) is 3. The van der Waals surface area contributed by atoms with E-state index in [2.05, 4.69) is 23.9 Å². The van der Waals surface area contributed by atoms with E-state index in [4.69, 9.17) is 14.5 Å². The van der Waals surface area contributed by atoms with Gasteiger partial charge in [-0.05, 0) is 82.0 Å². The highest BCUT2D eigenvalue weighted by Gasteiger charge is 2.51. The summed E-state index contributed by atoms with van der Waals surface area (Å²) in [5.74, 6) is 1.52. The highest BCUT2D eigenvalue weighted by atomic mass is 32.2. The minimum atomic E-state index is -0.902. The number of halogens is 1. The van der Waals surface area contributed by atoms with Crippen LogP contribution in [0, 0.1) is 17.7 Å². The molecule has 1 aliphatic heterocycles. The standard InChI is InChI=1S/C29H44FN3O3S/c1-32(2)27(23-14-16-24(30)17-15-23)22-12-10-21(11-13-22)18-26-29(19-37-4,36-28(34)35-3)31-20-33(26)25-8-6-5-7-9-25/h14-17,20-22,25-27H,5-13,18-19H2,1-4H3. The molecule has 3 aliphatic rings. The molecule has 1 aromatic rings. The second-order valence-corrected chi connectivity index (χ2v) is 12.2. The van der Waals surface area contributed by atoms with Crippen LogP contribution in [-0.4, -0.2) is 73.3 Å². The molecule has 0 spiro atoms. The van der Waals surface area contributed by atoms with Gasteiger partial charge >= 0.3 is 6.16 Å². The number of ether oxygens (including phenoxy) is 2. The van der Waals surface area contributed by atoms with Crippen LogP contribution in [-0.2, 0) is 9.47 Å². The third kappa shape index (κ3) is 6.62. The average molecular weight is 534 g/mol. The van der Waals surface area contributed by atoms with Crippen LogP contribution in [0.1, 0.15) is 75.8 Å². The fourth-order valence-corrected chi connectivity index (χ4v) is 7.69. The van der Waals surface area contributed by atoms with Crippen molar-refractivity contribution in [2.24, 2.45) is 16.8 Å². The van der Waals surface area contributed by atoms with Crippen LogP contribution in [0.3, 0.4) is 0 Å². The molecule has 0 bridgehead atoms. The average Bonchev–Trinajstić information content (AvgIpc) is 3.24. The Morgan fingerprint density at radius 2 is 1.81 bits per heavy atom. The largest absolute Gasteiger partial charge is 0.510 e. The van der Waals surface area contributed by atoms with Gasteiger partial charge in [0.1, 0.15) is 5.82 Å². The maximum atomic E-state index is 13.6. The third-order valence-electron chi connectivity index (χ3n) is 8.73. The Balaban J connectivity index is 1.48. The van der Waals surface area contributed by atoms with E-state index in [0.29, 0.717) is 23.6 Å². The van der Waals surface area contributed by atoms with Crippen molar-refractivity contribution in [1.29, 1.82) is 0 Å². The van der Waals surface area contributed by atoms with Gasteiger partial charge in [-0.25, -0.2) is 14.2 Å². The molecule has 3 unspecified atom stereocenters. The fourth-order valence-electron chi connectivity index (χ4n) is 6.96. The maximum absolute atomic E-state index is 13.6. The molecule has 0 radical (unpaired) electrons. The molecule has 206 valence electrons. The number of thioether (sulfide) groups is 1. The van der Waals surface area contributed by atoms with Crippen LogP contribution in [0.5, 0.6) is 0 Å². The first-order chi connectivity index (χ1) is 17.9. The monoisotopic (exact) mass is 533 g/mol. The summed E-state index contributed by atoms with van der Waals surface area (Å²) < 4.78 is 24.4. The molecule has 8 heteroatoms. The minimum absolute atomic E-state index is 0.0328. The summed E-state index contributed by atoms with van der Waals surface area (Å²) >= 11 is 1.67. The molecule has 0 saturated heterocycles. The molecule has 4 rings (SSSR count). The number of rotatable bonds is 9. The van der Waals surface area contributed by atoms with Crippen molar-refractivity contribution in [3.8, 4) is 0 Å². The quantitative estimate of drug-likeness (QED) is 0.337. The normalized spacial score (nSPS) is 29.5. The Kier molecular flexibility index (Phi) is 9.79. The number of methoxy groups -OCH3 is 1. The summed E-state index contributed by atoms with van der Waals surface area (Å²) in [5.41, 5.74) is 0.286. The van der Waals surface area contributed by atoms with Crippen molar-refractivity contribution in [3.05, 3.63) is 35.6 Å². The first-order valence-electron chi connectivity index (χ1n) is 13.9. The first-order valence-corrected chi connectivity index (χ1v) is 15.3. The molecular formula is C29H44FN3O3S. The van der Waals surface area contributed by atoms with Gasteiger partial charge in [-0.3, -0.25) is 0 Å². The first kappa shape index (κ1) is 28.2. The number of carbonyl (C=O) groups excluding carboxylic acids is 1. The summed E-state index contributed by atoms with van der Waals surface area (Å²) in [6.45, 7) is 0. The van der Waals surface area contributed by atoms with Crippen LogP contribution >= 0.6 is 11.8 Å². The highest BCUT2D eigenvalue weighted by Crippen LogP contribution is 2.44. The molecule has 3 atom stereocenters. The summed E-state index contributed by atoms with van der Waals surface area (Å²) in [6.07, 6.45) is 15.0. The summed E-state index contributed by atoms with van der Waals surface area (Å²) in [5, 5.41) is 0. The van der Waals surface area contributed by atoms with Crippen molar-refractivity contribution in [2.75, 3.05) is 33.2 Å². The van der Waals surface area contributed by atoms with E-state index in [0.717, 1.165) is 32.1 Å². The second-order valence-electron chi connectivity index (χ2n) is 11.3. The zero-order valence-corrected chi connectivity index (χ0v) is 23.7. The van der Waals surface area contributed by atoms with E-state index in [9.17, 15) is 9.18 Å². The zero-order valence-electron chi connectivity index (χ0n) is 22.9. The van der Waals surface area contributed by atoms with Gasteiger partial charge in [-0.1, -0.05) is 44.2 Å². The molecule has 37 heavy (non-hydrogen) atoms. The number of aliphatic imine (C=N–C) groups is 1. The van der Waals surface area contributed by atoms with Gasteiger partial charge < -0.3 is 19.3 Å². The highest BCUT2D eigenvalue weighted by molar-refractivity contribution is 7.98. The third-order valence-corrected chi connectivity index (χ3v) is 9.43. The van der Waals surface area contributed by atoms with Crippen LogP contribution in [0.4, 0.5) is 9.18 Å². The van der Waals surface area contributed by atoms with Gasteiger partial charge in [0.2, 0.25) is 5.72 Å². The van der Waals surface area contributed by atoms with Crippen LogP contribution in [0.25, 0.3) is 0 Å². The maximum Gasteiger partial charge on any atom is 0.510 e. The molecule has 2 saturated carbocycles. The van der Waals surface area contributed by atoms with Gasteiger partial charge in [0.15, 0.2) is 0 Å². The van der Waals surface area contributed by atoms with Crippen LogP contribution in [0.2, 0.25) is 0 Å². The van der Waals surface area contributed by atoms with Gasteiger partial charge in [-0.15, -0.1) is 0 Å². The Labute approximate surface area is 226 Å². The zero-order chi connectivity index (χ0) is 26.4.